The smallest absolute Gasteiger partial charge is 0.337 e. The van der Waals surface area contributed by atoms with Gasteiger partial charge < -0.3 is 14.8 Å². The second kappa shape index (κ2) is 5.50. The maximum absolute atomic E-state index is 11.4. The molecule has 2 rings (SSSR count). The highest BCUT2D eigenvalue weighted by Gasteiger charge is 2.22. The first-order chi connectivity index (χ1) is 8.61. The number of morpholine rings is 1. The zero-order valence-corrected chi connectivity index (χ0v) is 11.0. The van der Waals surface area contributed by atoms with Gasteiger partial charge in [0.15, 0.2) is 0 Å². The van der Waals surface area contributed by atoms with E-state index < -0.39 is 0 Å². The third-order valence-corrected chi connectivity index (χ3v) is 3.20. The molecule has 1 heterocycles. The van der Waals surface area contributed by atoms with Crippen molar-refractivity contribution in [3.05, 3.63) is 34.9 Å². The molecular formula is C14H19NO3. The average molecular weight is 249 g/mol. The highest BCUT2D eigenvalue weighted by Crippen LogP contribution is 2.25. The maximum Gasteiger partial charge on any atom is 0.337 e. The Kier molecular flexibility index (Phi) is 3.99. The number of nitrogens with one attached hydrogen (secondary N) is 1. The predicted molar refractivity (Wildman–Crippen MR) is 68.7 cm³/mol. The Morgan fingerprint density at radius 2 is 2.22 bits per heavy atom. The first kappa shape index (κ1) is 13.1. The van der Waals surface area contributed by atoms with E-state index in [0.717, 1.165) is 24.2 Å². The second-order valence-corrected chi connectivity index (χ2v) is 4.66. The molecule has 1 aliphatic heterocycles. The summed E-state index contributed by atoms with van der Waals surface area (Å²) in [6.07, 6.45) is 0.267. The lowest BCUT2D eigenvalue weighted by molar-refractivity contribution is -0.0290. The van der Waals surface area contributed by atoms with Crippen LogP contribution in [0.3, 0.4) is 0 Å². The van der Waals surface area contributed by atoms with Crippen LogP contribution in [0.15, 0.2) is 18.2 Å². The van der Waals surface area contributed by atoms with Gasteiger partial charge in [-0.15, -0.1) is 0 Å². The molecule has 4 nitrogen and oxygen atoms in total. The van der Waals surface area contributed by atoms with Gasteiger partial charge in [0.2, 0.25) is 0 Å². The van der Waals surface area contributed by atoms with Crippen molar-refractivity contribution in [3.63, 3.8) is 0 Å². The topological polar surface area (TPSA) is 47.6 Å². The third kappa shape index (κ3) is 2.71. The van der Waals surface area contributed by atoms with Crippen LogP contribution in [0.5, 0.6) is 0 Å². The van der Waals surface area contributed by atoms with Gasteiger partial charge in [0.1, 0.15) is 0 Å². The molecule has 1 aliphatic rings. The Balaban J connectivity index is 2.21. The van der Waals surface area contributed by atoms with E-state index in [2.05, 4.69) is 12.2 Å². The molecule has 1 N–H and O–H groups in total. The lowest BCUT2D eigenvalue weighted by Crippen LogP contribution is -2.39. The monoisotopic (exact) mass is 249 g/mol. The molecule has 98 valence electrons. The number of esters is 1. The van der Waals surface area contributed by atoms with Crippen molar-refractivity contribution in [2.45, 2.75) is 26.1 Å². The zero-order valence-electron chi connectivity index (χ0n) is 11.0. The van der Waals surface area contributed by atoms with Crippen LogP contribution in [0, 0.1) is 6.92 Å². The van der Waals surface area contributed by atoms with Crippen molar-refractivity contribution in [2.24, 2.45) is 0 Å². The average Bonchev–Trinajstić information content (AvgIpc) is 2.37. The van der Waals surface area contributed by atoms with Gasteiger partial charge >= 0.3 is 5.97 Å². The zero-order chi connectivity index (χ0) is 13.1. The standard InChI is InChI=1S/C14H19NO3/c1-9-6-11(14(16)17-3)4-5-12(9)13-8-15-7-10(2)18-13/h4-6,10,13,15H,7-8H2,1-3H3/t10-,13-/m0/s1. The summed E-state index contributed by atoms with van der Waals surface area (Å²) >= 11 is 0. The van der Waals surface area contributed by atoms with Crippen molar-refractivity contribution in [1.29, 1.82) is 0 Å². The minimum Gasteiger partial charge on any atom is -0.465 e. The molecule has 1 fully saturated rings. The van der Waals surface area contributed by atoms with Crippen LogP contribution in [0.1, 0.15) is 34.5 Å². The number of carbonyl (C=O) groups is 1. The fourth-order valence-corrected chi connectivity index (χ4v) is 2.26. The number of benzene rings is 1. The summed E-state index contributed by atoms with van der Waals surface area (Å²) in [4.78, 5) is 11.4. The molecule has 0 saturated carbocycles. The van der Waals surface area contributed by atoms with E-state index >= 15 is 0 Å². The van der Waals surface area contributed by atoms with Crippen LogP contribution in [-0.2, 0) is 9.47 Å². The summed E-state index contributed by atoms with van der Waals surface area (Å²) in [5.41, 5.74) is 2.76. The molecule has 0 aliphatic carbocycles. The molecular weight excluding hydrogens is 230 g/mol. The first-order valence-corrected chi connectivity index (χ1v) is 6.17. The van der Waals surface area contributed by atoms with E-state index in [0.29, 0.717) is 5.56 Å². The SMILES string of the molecule is COC(=O)c1ccc([C@@H]2CNC[C@H](C)O2)c(C)c1. The number of rotatable bonds is 2. The number of aryl methyl sites for hydroxylation is 1. The summed E-state index contributed by atoms with van der Waals surface area (Å²) in [6, 6.07) is 5.59. The number of hydrogen-bond acceptors (Lipinski definition) is 4. The van der Waals surface area contributed by atoms with E-state index in [1.54, 1.807) is 6.07 Å². The number of carbonyl (C=O) groups excluding carboxylic acids is 1. The van der Waals surface area contributed by atoms with Gasteiger partial charge in [-0.1, -0.05) is 6.07 Å². The second-order valence-electron chi connectivity index (χ2n) is 4.66. The summed E-state index contributed by atoms with van der Waals surface area (Å²) in [7, 11) is 1.39. The van der Waals surface area contributed by atoms with Gasteiger partial charge in [-0.05, 0) is 37.1 Å². The van der Waals surface area contributed by atoms with Crippen molar-refractivity contribution >= 4 is 5.97 Å². The Morgan fingerprint density at radius 3 is 2.83 bits per heavy atom. The van der Waals surface area contributed by atoms with E-state index in [1.165, 1.54) is 7.11 Å². The normalized spacial score (nSPS) is 23.7. The summed E-state index contributed by atoms with van der Waals surface area (Å²) < 4.78 is 10.6. The molecule has 2 atom stereocenters. The summed E-state index contributed by atoms with van der Waals surface area (Å²) in [5.74, 6) is -0.305. The molecule has 0 spiro atoms. The number of hydrogen-bond donors (Lipinski definition) is 1. The van der Waals surface area contributed by atoms with Crippen LogP contribution in [0.4, 0.5) is 0 Å². The van der Waals surface area contributed by atoms with Gasteiger partial charge in [-0.3, -0.25) is 0 Å². The van der Waals surface area contributed by atoms with Gasteiger partial charge in [0.25, 0.3) is 0 Å². The summed E-state index contributed by atoms with van der Waals surface area (Å²) in [5, 5.41) is 3.34. The summed E-state index contributed by atoms with van der Waals surface area (Å²) in [6.45, 7) is 5.74. The predicted octanol–water partition coefficient (Wildman–Crippen LogP) is 1.83. The fourth-order valence-electron chi connectivity index (χ4n) is 2.26. The first-order valence-electron chi connectivity index (χ1n) is 6.17. The van der Waals surface area contributed by atoms with E-state index in [-0.39, 0.29) is 18.2 Å². The Hall–Kier alpha value is -1.39. The van der Waals surface area contributed by atoms with Crippen LogP contribution >= 0.6 is 0 Å². The Morgan fingerprint density at radius 1 is 1.44 bits per heavy atom. The molecule has 18 heavy (non-hydrogen) atoms. The molecule has 0 radical (unpaired) electrons. The van der Waals surface area contributed by atoms with Gasteiger partial charge in [-0.25, -0.2) is 4.79 Å². The molecule has 0 aromatic heterocycles. The molecule has 1 aromatic carbocycles. The van der Waals surface area contributed by atoms with E-state index in [1.807, 2.05) is 19.1 Å². The Bertz CT molecular complexity index is 445. The van der Waals surface area contributed by atoms with Crippen LogP contribution in [-0.4, -0.2) is 32.3 Å². The van der Waals surface area contributed by atoms with Crippen molar-refractivity contribution in [2.75, 3.05) is 20.2 Å². The van der Waals surface area contributed by atoms with E-state index in [4.69, 9.17) is 9.47 Å². The lowest BCUT2D eigenvalue weighted by Gasteiger charge is -2.30. The van der Waals surface area contributed by atoms with Crippen molar-refractivity contribution in [1.82, 2.24) is 5.32 Å². The minimum absolute atomic E-state index is 0.0560. The number of ether oxygens (including phenoxy) is 2. The fraction of sp³-hybridized carbons (Fsp3) is 0.500. The van der Waals surface area contributed by atoms with Gasteiger partial charge in [0.05, 0.1) is 24.9 Å². The van der Waals surface area contributed by atoms with Crippen molar-refractivity contribution in [3.8, 4) is 0 Å². The highest BCUT2D eigenvalue weighted by atomic mass is 16.5. The highest BCUT2D eigenvalue weighted by molar-refractivity contribution is 5.89. The van der Waals surface area contributed by atoms with Crippen molar-refractivity contribution < 1.29 is 14.3 Å². The lowest BCUT2D eigenvalue weighted by atomic mass is 9.99. The molecule has 1 saturated heterocycles. The molecule has 0 amide bonds. The van der Waals surface area contributed by atoms with Gasteiger partial charge in [-0.2, -0.15) is 0 Å². The molecule has 0 unspecified atom stereocenters. The molecule has 4 heteroatoms. The number of methoxy groups -OCH3 is 1. The van der Waals surface area contributed by atoms with Crippen LogP contribution in [0.2, 0.25) is 0 Å². The largest absolute Gasteiger partial charge is 0.465 e. The van der Waals surface area contributed by atoms with Crippen LogP contribution < -0.4 is 5.32 Å². The Labute approximate surface area is 107 Å². The molecule has 0 bridgehead atoms. The third-order valence-electron chi connectivity index (χ3n) is 3.20. The van der Waals surface area contributed by atoms with E-state index in [9.17, 15) is 4.79 Å². The maximum atomic E-state index is 11.4. The van der Waals surface area contributed by atoms with Gasteiger partial charge in [0, 0.05) is 13.1 Å². The minimum atomic E-state index is -0.305. The quantitative estimate of drug-likeness (QED) is 0.812. The molecule has 1 aromatic rings. The van der Waals surface area contributed by atoms with Crippen LogP contribution in [0.25, 0.3) is 0 Å².